The summed E-state index contributed by atoms with van der Waals surface area (Å²) in [5.74, 6) is 0. The number of hydrogen-bond donors (Lipinski definition) is 1. The predicted molar refractivity (Wildman–Crippen MR) is 89.8 cm³/mol. The third-order valence-electron chi connectivity index (χ3n) is 4.55. The van der Waals surface area contributed by atoms with E-state index in [-0.39, 0.29) is 12.1 Å². The van der Waals surface area contributed by atoms with E-state index in [0.29, 0.717) is 4.90 Å². The predicted octanol–water partition coefficient (Wildman–Crippen LogP) is 1.69. The first kappa shape index (κ1) is 16.6. The molecule has 5 nitrogen and oxygen atoms in total. The molecular formula is C17H24N2O3S. The van der Waals surface area contributed by atoms with Crippen LogP contribution in [0.15, 0.2) is 41.3 Å². The van der Waals surface area contributed by atoms with Gasteiger partial charge in [0, 0.05) is 25.2 Å². The van der Waals surface area contributed by atoms with Crippen LogP contribution >= 0.6 is 0 Å². The number of ether oxygens (including phenoxy) is 1. The van der Waals surface area contributed by atoms with Crippen molar-refractivity contribution >= 4 is 10.0 Å². The van der Waals surface area contributed by atoms with Crippen molar-refractivity contribution in [2.75, 3.05) is 26.3 Å². The van der Waals surface area contributed by atoms with E-state index in [4.69, 9.17) is 4.74 Å². The molecule has 1 N–H and O–H groups in total. The highest BCUT2D eigenvalue weighted by Crippen LogP contribution is 2.21. The summed E-state index contributed by atoms with van der Waals surface area (Å²) in [4.78, 5) is 2.67. The zero-order valence-electron chi connectivity index (χ0n) is 13.4. The third-order valence-corrected chi connectivity index (χ3v) is 6.06. The zero-order valence-corrected chi connectivity index (χ0v) is 14.3. The van der Waals surface area contributed by atoms with Crippen LogP contribution in [0.2, 0.25) is 0 Å². The Kier molecular flexibility index (Phi) is 5.16. The van der Waals surface area contributed by atoms with Crippen LogP contribution < -0.4 is 4.72 Å². The second-order valence-corrected chi connectivity index (χ2v) is 7.91. The lowest BCUT2D eigenvalue weighted by Crippen LogP contribution is -2.55. The van der Waals surface area contributed by atoms with Crippen LogP contribution in [0, 0.1) is 6.92 Å². The first-order chi connectivity index (χ1) is 11.1. The molecule has 23 heavy (non-hydrogen) atoms. The summed E-state index contributed by atoms with van der Waals surface area (Å²) < 4.78 is 33.6. The molecule has 0 amide bonds. The number of nitrogens with zero attached hydrogens (tertiary/aromatic N) is 1. The van der Waals surface area contributed by atoms with Crippen molar-refractivity contribution in [3.8, 4) is 0 Å². The van der Waals surface area contributed by atoms with E-state index in [0.717, 1.165) is 44.7 Å². The summed E-state index contributed by atoms with van der Waals surface area (Å²) in [6.07, 6.45) is 5.82. The Balaban J connectivity index is 1.75. The number of morpholine rings is 1. The molecule has 1 aromatic carbocycles. The largest absolute Gasteiger partial charge is 0.379 e. The molecule has 1 heterocycles. The fraction of sp³-hybridized carbons (Fsp3) is 0.529. The van der Waals surface area contributed by atoms with Gasteiger partial charge in [0.1, 0.15) is 0 Å². The molecule has 1 saturated heterocycles. The molecule has 1 aromatic rings. The highest BCUT2D eigenvalue weighted by molar-refractivity contribution is 7.89. The Labute approximate surface area is 138 Å². The van der Waals surface area contributed by atoms with E-state index < -0.39 is 10.0 Å². The molecule has 0 unspecified atom stereocenters. The smallest absolute Gasteiger partial charge is 0.240 e. The fourth-order valence-corrected chi connectivity index (χ4v) is 4.51. The van der Waals surface area contributed by atoms with Crippen LogP contribution in [-0.2, 0) is 14.8 Å². The maximum atomic E-state index is 12.7. The molecule has 3 rings (SSSR count). The molecule has 6 heteroatoms. The van der Waals surface area contributed by atoms with Crippen molar-refractivity contribution in [2.45, 2.75) is 36.7 Å². The second kappa shape index (κ2) is 7.13. The summed E-state index contributed by atoms with van der Waals surface area (Å²) in [5, 5.41) is 0. The maximum Gasteiger partial charge on any atom is 0.240 e. The molecule has 0 aromatic heterocycles. The SMILES string of the molecule is Cc1ccc(S(=O)(=O)N[C@H]2CC=CC[C@@H]2N2CCOCC2)cc1. The van der Waals surface area contributed by atoms with Gasteiger partial charge in [-0.3, -0.25) is 4.90 Å². The number of rotatable bonds is 4. The van der Waals surface area contributed by atoms with Crippen LogP contribution in [0.3, 0.4) is 0 Å². The van der Waals surface area contributed by atoms with Gasteiger partial charge in [-0.05, 0) is 31.9 Å². The monoisotopic (exact) mass is 336 g/mol. The standard InChI is InChI=1S/C17H24N2O3S/c1-14-6-8-15(9-7-14)23(20,21)18-16-4-2-3-5-17(16)19-10-12-22-13-11-19/h2-3,6-9,16-18H,4-5,10-13H2,1H3/t16-,17-/m0/s1. The van der Waals surface area contributed by atoms with Crippen molar-refractivity contribution in [3.05, 3.63) is 42.0 Å². The van der Waals surface area contributed by atoms with Gasteiger partial charge in [0.15, 0.2) is 0 Å². The van der Waals surface area contributed by atoms with Crippen molar-refractivity contribution in [1.29, 1.82) is 0 Å². The Morgan fingerprint density at radius 3 is 2.43 bits per heavy atom. The molecule has 1 aliphatic heterocycles. The van der Waals surface area contributed by atoms with Crippen LogP contribution in [0.1, 0.15) is 18.4 Å². The average molecular weight is 336 g/mol. The van der Waals surface area contributed by atoms with Crippen LogP contribution in [-0.4, -0.2) is 51.7 Å². The van der Waals surface area contributed by atoms with E-state index in [1.54, 1.807) is 12.1 Å². The maximum absolute atomic E-state index is 12.7. The van der Waals surface area contributed by atoms with Crippen LogP contribution in [0.25, 0.3) is 0 Å². The first-order valence-electron chi connectivity index (χ1n) is 8.12. The van der Waals surface area contributed by atoms with Crippen LogP contribution in [0.5, 0.6) is 0 Å². The van der Waals surface area contributed by atoms with E-state index in [2.05, 4.69) is 21.8 Å². The lowest BCUT2D eigenvalue weighted by Gasteiger charge is -2.40. The highest BCUT2D eigenvalue weighted by atomic mass is 32.2. The summed E-state index contributed by atoms with van der Waals surface area (Å²) in [6, 6.07) is 7.09. The Hall–Kier alpha value is -1.21. The van der Waals surface area contributed by atoms with Gasteiger partial charge in [0.2, 0.25) is 10.0 Å². The number of hydrogen-bond acceptors (Lipinski definition) is 4. The van der Waals surface area contributed by atoms with Gasteiger partial charge in [-0.2, -0.15) is 0 Å². The molecule has 126 valence electrons. The summed E-state index contributed by atoms with van der Waals surface area (Å²) in [5.41, 5.74) is 1.05. The average Bonchev–Trinajstić information content (AvgIpc) is 2.56. The lowest BCUT2D eigenvalue weighted by atomic mass is 9.95. The third kappa shape index (κ3) is 4.01. The number of aryl methyl sites for hydroxylation is 1. The van der Waals surface area contributed by atoms with E-state index >= 15 is 0 Å². The molecule has 0 radical (unpaired) electrons. The fourth-order valence-electron chi connectivity index (χ4n) is 3.22. The van der Waals surface area contributed by atoms with Gasteiger partial charge in [-0.25, -0.2) is 13.1 Å². The molecule has 2 aliphatic rings. The lowest BCUT2D eigenvalue weighted by molar-refractivity contribution is 0.00958. The van der Waals surface area contributed by atoms with Gasteiger partial charge < -0.3 is 4.74 Å². The zero-order chi connectivity index (χ0) is 16.3. The minimum absolute atomic E-state index is 0.0931. The molecular weight excluding hydrogens is 312 g/mol. The molecule has 2 atom stereocenters. The van der Waals surface area contributed by atoms with Gasteiger partial charge in [-0.1, -0.05) is 29.8 Å². The van der Waals surface area contributed by atoms with Crippen molar-refractivity contribution < 1.29 is 13.2 Å². The molecule has 0 saturated carbocycles. The molecule has 1 aliphatic carbocycles. The van der Waals surface area contributed by atoms with Crippen LogP contribution in [0.4, 0.5) is 0 Å². The topological polar surface area (TPSA) is 58.6 Å². The Morgan fingerprint density at radius 1 is 1.09 bits per heavy atom. The van der Waals surface area contributed by atoms with Gasteiger partial charge in [0.05, 0.1) is 18.1 Å². The number of sulfonamides is 1. The number of benzene rings is 1. The highest BCUT2D eigenvalue weighted by Gasteiger charge is 2.32. The van der Waals surface area contributed by atoms with E-state index in [9.17, 15) is 8.42 Å². The molecule has 0 spiro atoms. The molecule has 0 bridgehead atoms. The Morgan fingerprint density at radius 2 is 1.74 bits per heavy atom. The number of nitrogens with one attached hydrogen (secondary N) is 1. The quantitative estimate of drug-likeness (QED) is 0.850. The van der Waals surface area contributed by atoms with Gasteiger partial charge in [0.25, 0.3) is 0 Å². The minimum atomic E-state index is -3.49. The summed E-state index contributed by atoms with van der Waals surface area (Å²) in [6.45, 7) is 5.11. The Bertz CT molecular complexity index is 649. The van der Waals surface area contributed by atoms with E-state index in [1.165, 1.54) is 0 Å². The summed E-state index contributed by atoms with van der Waals surface area (Å²) >= 11 is 0. The van der Waals surface area contributed by atoms with Crippen molar-refractivity contribution in [2.24, 2.45) is 0 Å². The van der Waals surface area contributed by atoms with Crippen molar-refractivity contribution in [1.82, 2.24) is 9.62 Å². The summed E-state index contributed by atoms with van der Waals surface area (Å²) in [7, 11) is -3.49. The van der Waals surface area contributed by atoms with Gasteiger partial charge >= 0.3 is 0 Å². The first-order valence-corrected chi connectivity index (χ1v) is 9.60. The molecule has 1 fully saturated rings. The second-order valence-electron chi connectivity index (χ2n) is 6.20. The minimum Gasteiger partial charge on any atom is -0.379 e. The van der Waals surface area contributed by atoms with Gasteiger partial charge in [-0.15, -0.1) is 0 Å². The van der Waals surface area contributed by atoms with E-state index in [1.807, 2.05) is 19.1 Å². The van der Waals surface area contributed by atoms with Crippen molar-refractivity contribution in [3.63, 3.8) is 0 Å². The normalized spacial score (nSPS) is 26.3.